The van der Waals surface area contributed by atoms with Crippen molar-refractivity contribution in [3.8, 4) is 11.5 Å². The highest BCUT2D eigenvalue weighted by Crippen LogP contribution is 2.40. The molecule has 2 aromatic rings. The highest BCUT2D eigenvalue weighted by Gasteiger charge is 2.45. The Morgan fingerprint density at radius 1 is 1.06 bits per heavy atom. The van der Waals surface area contributed by atoms with Crippen LogP contribution in [0.25, 0.3) is 5.76 Å². The van der Waals surface area contributed by atoms with Gasteiger partial charge in [-0.3, -0.25) is 9.59 Å². The van der Waals surface area contributed by atoms with Gasteiger partial charge in [-0.15, -0.1) is 0 Å². The van der Waals surface area contributed by atoms with E-state index in [1.54, 1.807) is 29.2 Å². The van der Waals surface area contributed by atoms with Crippen molar-refractivity contribution in [3.05, 3.63) is 65.2 Å². The van der Waals surface area contributed by atoms with Crippen molar-refractivity contribution in [1.82, 2.24) is 4.90 Å². The van der Waals surface area contributed by atoms with Crippen LogP contribution in [-0.2, 0) is 9.59 Å². The molecule has 3 rings (SSSR count). The fraction of sp³-hybridized carbons (Fsp3) is 0.385. The van der Waals surface area contributed by atoms with Crippen molar-refractivity contribution in [2.24, 2.45) is 0 Å². The Hall–Kier alpha value is -3.28. The summed E-state index contributed by atoms with van der Waals surface area (Å²) in [6.07, 6.45) is 2.71. The van der Waals surface area contributed by atoms with Crippen LogP contribution in [0.5, 0.6) is 11.5 Å². The molecular weight excluding hydrogens is 406 g/mol. The van der Waals surface area contributed by atoms with Crippen molar-refractivity contribution in [1.29, 1.82) is 0 Å². The largest absolute Gasteiger partial charge is 0.507 e. The number of ketones is 1. The number of methoxy groups -OCH3 is 1. The van der Waals surface area contributed by atoms with Gasteiger partial charge in [-0.05, 0) is 50.1 Å². The van der Waals surface area contributed by atoms with Gasteiger partial charge in [0, 0.05) is 12.1 Å². The topological polar surface area (TPSA) is 76.1 Å². The summed E-state index contributed by atoms with van der Waals surface area (Å²) < 4.78 is 11.1. The number of nitrogens with zero attached hydrogens (tertiary/aromatic N) is 1. The summed E-state index contributed by atoms with van der Waals surface area (Å²) >= 11 is 0. The molecule has 1 amide bonds. The van der Waals surface area contributed by atoms with Crippen molar-refractivity contribution < 1.29 is 24.2 Å². The van der Waals surface area contributed by atoms with Gasteiger partial charge in [0.2, 0.25) is 0 Å². The van der Waals surface area contributed by atoms with Crippen LogP contribution in [0.4, 0.5) is 0 Å². The molecule has 1 saturated heterocycles. The molecule has 170 valence electrons. The molecule has 6 heteroatoms. The zero-order valence-electron chi connectivity index (χ0n) is 19.1. The van der Waals surface area contributed by atoms with Gasteiger partial charge in [0.1, 0.15) is 17.3 Å². The average Bonchev–Trinajstić information content (AvgIpc) is 3.03. The number of aliphatic hydroxyl groups is 1. The molecule has 1 atom stereocenters. The van der Waals surface area contributed by atoms with E-state index in [0.717, 1.165) is 24.8 Å². The minimum absolute atomic E-state index is 0.0158. The van der Waals surface area contributed by atoms with E-state index in [1.807, 2.05) is 38.1 Å². The number of Topliss-reactive ketones (excluding diaryl/α,β-unsaturated/α-hetero) is 1. The molecule has 1 fully saturated rings. The first-order valence-corrected chi connectivity index (χ1v) is 11.1. The van der Waals surface area contributed by atoms with Crippen molar-refractivity contribution in [2.45, 2.75) is 52.2 Å². The second-order valence-corrected chi connectivity index (χ2v) is 8.17. The van der Waals surface area contributed by atoms with Crippen LogP contribution in [0.2, 0.25) is 0 Å². The van der Waals surface area contributed by atoms with E-state index >= 15 is 0 Å². The van der Waals surface area contributed by atoms with Gasteiger partial charge in [0.25, 0.3) is 11.7 Å². The SMILES string of the molecule is CCCCCN1C(=O)C(=O)/C(=C(\O)c2cccc(OC)c2)C1c1cccc(OC(C)C)c1. The fourth-order valence-electron chi connectivity index (χ4n) is 3.95. The number of ether oxygens (including phenoxy) is 2. The molecule has 0 aromatic heterocycles. The van der Waals surface area contributed by atoms with Crippen molar-refractivity contribution in [3.63, 3.8) is 0 Å². The van der Waals surface area contributed by atoms with Crippen LogP contribution < -0.4 is 9.47 Å². The maximum atomic E-state index is 13.1. The summed E-state index contributed by atoms with van der Waals surface area (Å²) in [5.41, 5.74) is 1.24. The van der Waals surface area contributed by atoms with Gasteiger partial charge < -0.3 is 19.5 Å². The quantitative estimate of drug-likeness (QED) is 0.256. The standard InChI is InChI=1S/C26H31NO5/c1-5-6-7-14-27-23(18-10-8-13-21(15-18)32-17(2)3)22(25(29)26(27)30)24(28)19-11-9-12-20(16-19)31-4/h8-13,15-17,23,28H,5-7,14H2,1-4H3/b24-22-. The lowest BCUT2D eigenvalue weighted by molar-refractivity contribution is -0.139. The van der Waals surface area contributed by atoms with Gasteiger partial charge in [0.05, 0.1) is 24.8 Å². The highest BCUT2D eigenvalue weighted by atomic mass is 16.5. The Labute approximate surface area is 189 Å². The second kappa shape index (κ2) is 10.4. The molecule has 0 saturated carbocycles. The number of likely N-dealkylation sites (tertiary alicyclic amines) is 1. The maximum absolute atomic E-state index is 13.1. The molecular formula is C26H31NO5. The molecule has 1 heterocycles. The number of hydrogen-bond donors (Lipinski definition) is 1. The van der Waals surface area contributed by atoms with E-state index in [4.69, 9.17) is 9.47 Å². The van der Waals surface area contributed by atoms with Crippen LogP contribution in [0, 0.1) is 0 Å². The van der Waals surface area contributed by atoms with Crippen LogP contribution in [0.15, 0.2) is 54.1 Å². The lowest BCUT2D eigenvalue weighted by Gasteiger charge is -2.26. The first-order valence-electron chi connectivity index (χ1n) is 11.1. The third-order valence-corrected chi connectivity index (χ3v) is 5.43. The van der Waals surface area contributed by atoms with E-state index in [-0.39, 0.29) is 17.4 Å². The number of amides is 1. The minimum atomic E-state index is -0.686. The van der Waals surface area contributed by atoms with E-state index in [1.165, 1.54) is 7.11 Å². The van der Waals surface area contributed by atoms with Crippen LogP contribution in [0.1, 0.15) is 57.2 Å². The number of aliphatic hydroxyl groups excluding tert-OH is 1. The monoisotopic (exact) mass is 437 g/mol. The summed E-state index contributed by atoms with van der Waals surface area (Å²) in [6.45, 7) is 6.40. The first kappa shape index (κ1) is 23.4. The summed E-state index contributed by atoms with van der Waals surface area (Å²) in [7, 11) is 1.53. The van der Waals surface area contributed by atoms with Gasteiger partial charge in [-0.25, -0.2) is 0 Å². The lowest BCUT2D eigenvalue weighted by Crippen LogP contribution is -2.30. The molecule has 0 aliphatic carbocycles. The second-order valence-electron chi connectivity index (χ2n) is 8.17. The maximum Gasteiger partial charge on any atom is 0.295 e. The molecule has 1 aliphatic heterocycles. The molecule has 1 N–H and O–H groups in total. The van der Waals surface area contributed by atoms with Crippen LogP contribution >= 0.6 is 0 Å². The predicted octanol–water partition coefficient (Wildman–Crippen LogP) is 5.09. The van der Waals surface area contributed by atoms with E-state index in [0.29, 0.717) is 23.6 Å². The van der Waals surface area contributed by atoms with Gasteiger partial charge in [0.15, 0.2) is 0 Å². The average molecular weight is 438 g/mol. The van der Waals surface area contributed by atoms with Gasteiger partial charge >= 0.3 is 0 Å². The highest BCUT2D eigenvalue weighted by molar-refractivity contribution is 6.46. The molecule has 0 spiro atoms. The third kappa shape index (κ3) is 4.96. The van der Waals surface area contributed by atoms with Crippen LogP contribution in [-0.4, -0.2) is 41.5 Å². The Bertz CT molecular complexity index is 1010. The van der Waals surface area contributed by atoms with E-state index in [9.17, 15) is 14.7 Å². The lowest BCUT2D eigenvalue weighted by atomic mass is 9.95. The summed E-state index contributed by atoms with van der Waals surface area (Å²) in [5, 5.41) is 11.2. The van der Waals surface area contributed by atoms with E-state index in [2.05, 4.69) is 6.92 Å². The summed E-state index contributed by atoms with van der Waals surface area (Å²) in [6, 6.07) is 13.5. The Morgan fingerprint density at radius 3 is 2.47 bits per heavy atom. The van der Waals surface area contributed by atoms with Crippen molar-refractivity contribution in [2.75, 3.05) is 13.7 Å². The smallest absolute Gasteiger partial charge is 0.295 e. The van der Waals surface area contributed by atoms with Crippen molar-refractivity contribution >= 4 is 17.4 Å². The number of rotatable bonds is 9. The fourth-order valence-corrected chi connectivity index (χ4v) is 3.95. The van der Waals surface area contributed by atoms with Gasteiger partial charge in [-0.2, -0.15) is 0 Å². The number of carbonyl (C=O) groups excluding carboxylic acids is 2. The zero-order valence-corrected chi connectivity index (χ0v) is 19.1. The summed E-state index contributed by atoms with van der Waals surface area (Å²) in [4.78, 5) is 27.7. The Kier molecular flexibility index (Phi) is 7.57. The molecule has 1 unspecified atom stereocenters. The molecule has 1 aliphatic rings. The molecule has 0 bridgehead atoms. The normalized spacial score (nSPS) is 17.8. The molecule has 32 heavy (non-hydrogen) atoms. The van der Waals surface area contributed by atoms with Gasteiger partial charge in [-0.1, -0.05) is 44.0 Å². The third-order valence-electron chi connectivity index (χ3n) is 5.43. The van der Waals surface area contributed by atoms with Crippen LogP contribution in [0.3, 0.4) is 0 Å². The number of carbonyl (C=O) groups is 2. The summed E-state index contributed by atoms with van der Waals surface area (Å²) in [5.74, 6) is -0.277. The Balaban J connectivity index is 2.13. The number of hydrogen-bond acceptors (Lipinski definition) is 5. The molecule has 2 aromatic carbocycles. The predicted molar refractivity (Wildman–Crippen MR) is 124 cm³/mol. The van der Waals surface area contributed by atoms with E-state index < -0.39 is 17.7 Å². The minimum Gasteiger partial charge on any atom is -0.507 e. The number of benzene rings is 2. The molecule has 0 radical (unpaired) electrons. The first-order chi connectivity index (χ1) is 15.4. The Morgan fingerprint density at radius 2 is 1.78 bits per heavy atom. The molecule has 6 nitrogen and oxygen atoms in total. The number of unbranched alkanes of at least 4 members (excludes halogenated alkanes) is 2. The zero-order chi connectivity index (χ0) is 23.3.